The van der Waals surface area contributed by atoms with Gasteiger partial charge in [0.2, 0.25) is 5.91 Å². The zero-order chi connectivity index (χ0) is 21.0. The number of carbonyl (C=O) groups is 3. The third-order valence-electron chi connectivity index (χ3n) is 6.68. The standard InChI is InChI=1S/C23H32N4O3/c28-20(24-14-18-8-3-1-4-9-18)16-27-21(29)23(25-22(27)30)12-7-13-26(17-23)15-19-10-5-2-6-11-19/h2,5-6,10-11,18H,1,3-4,7-9,12-17H2,(H,24,28)(H,25,30). The van der Waals surface area contributed by atoms with Gasteiger partial charge in [-0.1, -0.05) is 49.6 Å². The van der Waals surface area contributed by atoms with Crippen LogP contribution in [0.4, 0.5) is 4.79 Å². The molecule has 2 N–H and O–H groups in total. The molecular formula is C23H32N4O3. The van der Waals surface area contributed by atoms with Gasteiger partial charge in [-0.3, -0.25) is 19.4 Å². The monoisotopic (exact) mass is 412 g/mol. The molecule has 3 aliphatic rings. The molecule has 0 bridgehead atoms. The summed E-state index contributed by atoms with van der Waals surface area (Å²) >= 11 is 0. The van der Waals surface area contributed by atoms with E-state index in [4.69, 9.17) is 0 Å². The second-order valence-corrected chi connectivity index (χ2v) is 9.01. The van der Waals surface area contributed by atoms with Gasteiger partial charge in [-0.05, 0) is 43.7 Å². The maximum atomic E-state index is 13.2. The Labute approximate surface area is 178 Å². The molecule has 30 heavy (non-hydrogen) atoms. The van der Waals surface area contributed by atoms with Gasteiger partial charge in [-0.25, -0.2) is 4.79 Å². The van der Waals surface area contributed by atoms with Gasteiger partial charge in [0.15, 0.2) is 0 Å². The van der Waals surface area contributed by atoms with Gasteiger partial charge < -0.3 is 10.6 Å². The smallest absolute Gasteiger partial charge is 0.325 e. The van der Waals surface area contributed by atoms with E-state index in [2.05, 4.69) is 27.7 Å². The molecule has 1 aromatic carbocycles. The molecule has 4 amide bonds. The number of urea groups is 1. The normalized spacial score (nSPS) is 25.5. The largest absolute Gasteiger partial charge is 0.354 e. The number of benzene rings is 1. The number of nitrogens with zero attached hydrogens (tertiary/aromatic N) is 2. The first-order valence-corrected chi connectivity index (χ1v) is 11.2. The fraction of sp³-hybridized carbons (Fsp3) is 0.609. The van der Waals surface area contributed by atoms with E-state index in [9.17, 15) is 14.4 Å². The first-order valence-electron chi connectivity index (χ1n) is 11.2. The van der Waals surface area contributed by atoms with E-state index in [1.54, 1.807) is 0 Å². The van der Waals surface area contributed by atoms with Crippen LogP contribution in [0.2, 0.25) is 0 Å². The van der Waals surface area contributed by atoms with E-state index < -0.39 is 11.6 Å². The maximum Gasteiger partial charge on any atom is 0.325 e. The number of rotatable bonds is 6. The van der Waals surface area contributed by atoms with E-state index in [1.807, 2.05) is 18.2 Å². The Morgan fingerprint density at radius 1 is 1.10 bits per heavy atom. The van der Waals surface area contributed by atoms with Gasteiger partial charge in [0.1, 0.15) is 12.1 Å². The van der Waals surface area contributed by atoms with E-state index in [-0.39, 0.29) is 18.4 Å². The molecule has 2 aliphatic heterocycles. The Balaban J connectivity index is 1.33. The lowest BCUT2D eigenvalue weighted by molar-refractivity contribution is -0.136. The molecule has 0 aromatic heterocycles. The molecular weight excluding hydrogens is 380 g/mol. The number of likely N-dealkylation sites (tertiary alicyclic amines) is 1. The number of imide groups is 1. The average Bonchev–Trinajstić information content (AvgIpc) is 2.97. The highest BCUT2D eigenvalue weighted by Crippen LogP contribution is 2.29. The van der Waals surface area contributed by atoms with Crippen LogP contribution < -0.4 is 10.6 Å². The Kier molecular flexibility index (Phi) is 6.37. The summed E-state index contributed by atoms with van der Waals surface area (Å²) in [7, 11) is 0. The van der Waals surface area contributed by atoms with Crippen molar-refractivity contribution in [2.45, 2.75) is 57.0 Å². The molecule has 1 unspecified atom stereocenters. The summed E-state index contributed by atoms with van der Waals surface area (Å²) < 4.78 is 0. The topological polar surface area (TPSA) is 81.8 Å². The molecule has 162 valence electrons. The summed E-state index contributed by atoms with van der Waals surface area (Å²) in [5, 5.41) is 5.84. The van der Waals surface area contributed by atoms with Gasteiger partial charge >= 0.3 is 6.03 Å². The van der Waals surface area contributed by atoms with Crippen LogP contribution in [0.3, 0.4) is 0 Å². The Bertz CT molecular complexity index is 778. The zero-order valence-electron chi connectivity index (χ0n) is 17.6. The predicted molar refractivity (Wildman–Crippen MR) is 114 cm³/mol. The Morgan fingerprint density at radius 2 is 1.87 bits per heavy atom. The lowest BCUT2D eigenvalue weighted by atomic mass is 9.88. The molecule has 7 nitrogen and oxygen atoms in total. The molecule has 1 aromatic rings. The highest BCUT2D eigenvalue weighted by atomic mass is 16.2. The van der Waals surface area contributed by atoms with Crippen LogP contribution >= 0.6 is 0 Å². The predicted octanol–water partition coefficient (Wildman–Crippen LogP) is 2.27. The van der Waals surface area contributed by atoms with Crippen molar-refractivity contribution in [3.8, 4) is 0 Å². The summed E-state index contributed by atoms with van der Waals surface area (Å²) in [5.74, 6) is -0.00168. The van der Waals surface area contributed by atoms with E-state index >= 15 is 0 Å². The quantitative estimate of drug-likeness (QED) is 0.703. The molecule has 0 radical (unpaired) electrons. The molecule has 2 heterocycles. The van der Waals surface area contributed by atoms with E-state index in [0.717, 1.165) is 37.3 Å². The summed E-state index contributed by atoms with van der Waals surface area (Å²) in [6.45, 7) is 2.55. The van der Waals surface area contributed by atoms with Crippen LogP contribution in [-0.2, 0) is 16.1 Å². The first kappa shape index (κ1) is 20.8. The second kappa shape index (κ2) is 9.16. The molecule has 1 aliphatic carbocycles. The third kappa shape index (κ3) is 4.67. The molecule has 7 heteroatoms. The van der Waals surface area contributed by atoms with E-state index in [1.165, 1.54) is 24.8 Å². The van der Waals surface area contributed by atoms with Crippen molar-refractivity contribution >= 4 is 17.8 Å². The average molecular weight is 413 g/mol. The molecule has 1 atom stereocenters. The minimum absolute atomic E-state index is 0.197. The number of hydrogen-bond acceptors (Lipinski definition) is 4. The van der Waals surface area contributed by atoms with E-state index in [0.29, 0.717) is 25.4 Å². The van der Waals surface area contributed by atoms with Crippen LogP contribution in [0.5, 0.6) is 0 Å². The molecule has 1 saturated carbocycles. The van der Waals surface area contributed by atoms with Crippen molar-refractivity contribution in [2.75, 3.05) is 26.2 Å². The molecule has 1 spiro atoms. The SMILES string of the molecule is O=C(CN1C(=O)NC2(CCCN(Cc3ccccc3)C2)C1=O)NCC1CCCCC1. The maximum absolute atomic E-state index is 13.2. The van der Waals surface area contributed by atoms with Crippen molar-refractivity contribution in [2.24, 2.45) is 5.92 Å². The molecule has 3 fully saturated rings. The minimum atomic E-state index is -0.909. The number of nitrogens with one attached hydrogen (secondary N) is 2. The lowest BCUT2D eigenvalue weighted by Crippen LogP contribution is -2.58. The summed E-state index contributed by atoms with van der Waals surface area (Å²) in [6.07, 6.45) is 7.44. The van der Waals surface area contributed by atoms with Crippen molar-refractivity contribution in [3.05, 3.63) is 35.9 Å². The van der Waals surface area contributed by atoms with Crippen molar-refractivity contribution in [1.82, 2.24) is 20.4 Å². The number of hydrogen-bond donors (Lipinski definition) is 2. The summed E-state index contributed by atoms with van der Waals surface area (Å²) in [6, 6.07) is 9.68. The van der Waals surface area contributed by atoms with Gasteiger partial charge in [0.05, 0.1) is 0 Å². The highest BCUT2D eigenvalue weighted by molar-refractivity contribution is 6.09. The zero-order valence-corrected chi connectivity index (χ0v) is 17.6. The second-order valence-electron chi connectivity index (χ2n) is 9.01. The van der Waals surface area contributed by atoms with Gasteiger partial charge in [-0.15, -0.1) is 0 Å². The van der Waals surface area contributed by atoms with Crippen molar-refractivity contribution < 1.29 is 14.4 Å². The van der Waals surface area contributed by atoms with Gasteiger partial charge in [0, 0.05) is 19.6 Å². The minimum Gasteiger partial charge on any atom is -0.354 e. The Hall–Kier alpha value is -2.41. The van der Waals surface area contributed by atoms with Crippen LogP contribution in [0.15, 0.2) is 30.3 Å². The van der Waals surface area contributed by atoms with Crippen LogP contribution in [-0.4, -0.2) is 59.4 Å². The number of amides is 4. The number of carbonyl (C=O) groups excluding carboxylic acids is 3. The molecule has 4 rings (SSSR count). The van der Waals surface area contributed by atoms with Crippen molar-refractivity contribution in [1.29, 1.82) is 0 Å². The number of piperidine rings is 1. The highest BCUT2D eigenvalue weighted by Gasteiger charge is 2.53. The van der Waals surface area contributed by atoms with Crippen LogP contribution in [0, 0.1) is 5.92 Å². The molecule has 2 saturated heterocycles. The third-order valence-corrected chi connectivity index (χ3v) is 6.68. The fourth-order valence-corrected chi connectivity index (χ4v) is 5.07. The lowest BCUT2D eigenvalue weighted by Gasteiger charge is -2.38. The van der Waals surface area contributed by atoms with Crippen LogP contribution in [0.25, 0.3) is 0 Å². The first-order chi connectivity index (χ1) is 14.6. The fourth-order valence-electron chi connectivity index (χ4n) is 5.07. The summed E-state index contributed by atoms with van der Waals surface area (Å²) in [4.78, 5) is 41.5. The van der Waals surface area contributed by atoms with Crippen LogP contribution in [0.1, 0.15) is 50.5 Å². The Morgan fingerprint density at radius 3 is 2.63 bits per heavy atom. The summed E-state index contributed by atoms with van der Waals surface area (Å²) in [5.41, 5.74) is 0.276. The van der Waals surface area contributed by atoms with Gasteiger partial charge in [-0.2, -0.15) is 0 Å². The van der Waals surface area contributed by atoms with Crippen molar-refractivity contribution in [3.63, 3.8) is 0 Å². The van der Waals surface area contributed by atoms with Gasteiger partial charge in [0.25, 0.3) is 5.91 Å².